The molecule has 0 N–H and O–H groups in total. The molecule has 20 heavy (non-hydrogen) atoms. The third-order valence-electron chi connectivity index (χ3n) is 4.16. The highest BCUT2D eigenvalue weighted by molar-refractivity contribution is 5.78. The monoisotopic (exact) mass is 275 g/mol. The van der Waals surface area contributed by atoms with Crippen LogP contribution in [-0.2, 0) is 9.53 Å². The van der Waals surface area contributed by atoms with Gasteiger partial charge in [0.15, 0.2) is 0 Å². The summed E-state index contributed by atoms with van der Waals surface area (Å²) >= 11 is 0. The zero-order chi connectivity index (χ0) is 14.5. The number of aryl methyl sites for hydroxylation is 1. The maximum absolute atomic E-state index is 12.5. The third kappa shape index (κ3) is 3.40. The largest absolute Gasteiger partial charge is 0.370 e. The molecule has 1 aromatic carbocycles. The first-order valence-corrected chi connectivity index (χ1v) is 7.62. The van der Waals surface area contributed by atoms with Crippen molar-refractivity contribution in [2.45, 2.75) is 39.7 Å². The Hall–Kier alpha value is -1.35. The fourth-order valence-corrected chi connectivity index (χ4v) is 2.73. The SMILES string of the molecule is CCC(CC)C(=O)N1CCOC(c2ccc(C)cc2)C1. The number of nitrogens with zero attached hydrogens (tertiary/aromatic N) is 1. The van der Waals surface area contributed by atoms with E-state index in [1.807, 2.05) is 4.90 Å². The van der Waals surface area contributed by atoms with E-state index in [9.17, 15) is 4.79 Å². The second-order valence-electron chi connectivity index (χ2n) is 5.57. The Morgan fingerprint density at radius 3 is 2.55 bits per heavy atom. The fraction of sp³-hybridized carbons (Fsp3) is 0.588. The zero-order valence-corrected chi connectivity index (χ0v) is 12.8. The summed E-state index contributed by atoms with van der Waals surface area (Å²) in [5.41, 5.74) is 2.41. The Bertz CT molecular complexity index is 437. The van der Waals surface area contributed by atoms with Gasteiger partial charge in [0.1, 0.15) is 6.10 Å². The molecule has 1 atom stereocenters. The van der Waals surface area contributed by atoms with E-state index in [2.05, 4.69) is 45.0 Å². The number of carbonyl (C=O) groups excluding carboxylic acids is 1. The topological polar surface area (TPSA) is 29.5 Å². The molecule has 3 nitrogen and oxygen atoms in total. The van der Waals surface area contributed by atoms with Crippen molar-refractivity contribution in [3.05, 3.63) is 35.4 Å². The van der Waals surface area contributed by atoms with E-state index >= 15 is 0 Å². The third-order valence-corrected chi connectivity index (χ3v) is 4.16. The van der Waals surface area contributed by atoms with E-state index in [1.165, 1.54) is 5.56 Å². The normalized spacial score (nSPS) is 19.4. The van der Waals surface area contributed by atoms with Gasteiger partial charge in [-0.15, -0.1) is 0 Å². The summed E-state index contributed by atoms with van der Waals surface area (Å²) in [5.74, 6) is 0.446. The van der Waals surface area contributed by atoms with Crippen LogP contribution in [0.1, 0.15) is 43.9 Å². The molecule has 0 saturated carbocycles. The van der Waals surface area contributed by atoms with Gasteiger partial charge in [0.05, 0.1) is 13.2 Å². The first kappa shape index (κ1) is 15.0. The molecule has 1 unspecified atom stereocenters. The lowest BCUT2D eigenvalue weighted by Crippen LogP contribution is -2.44. The van der Waals surface area contributed by atoms with Crippen LogP contribution in [0, 0.1) is 12.8 Å². The number of amides is 1. The summed E-state index contributed by atoms with van der Waals surface area (Å²) in [6, 6.07) is 8.40. The smallest absolute Gasteiger partial charge is 0.225 e. The van der Waals surface area contributed by atoms with Crippen LogP contribution in [0.4, 0.5) is 0 Å². The Balaban J connectivity index is 2.04. The van der Waals surface area contributed by atoms with Crippen molar-refractivity contribution in [3.63, 3.8) is 0 Å². The van der Waals surface area contributed by atoms with Gasteiger partial charge in [0, 0.05) is 12.5 Å². The molecule has 1 fully saturated rings. The summed E-state index contributed by atoms with van der Waals surface area (Å²) in [7, 11) is 0. The summed E-state index contributed by atoms with van der Waals surface area (Å²) in [6.45, 7) is 8.28. The van der Waals surface area contributed by atoms with Gasteiger partial charge in [-0.25, -0.2) is 0 Å². The Kier molecular flexibility index (Phi) is 5.18. The van der Waals surface area contributed by atoms with Crippen LogP contribution in [0.25, 0.3) is 0 Å². The number of morpholine rings is 1. The molecule has 0 bridgehead atoms. The Labute approximate surface area is 121 Å². The molecule has 1 aliphatic rings. The maximum atomic E-state index is 12.5. The van der Waals surface area contributed by atoms with Crippen molar-refractivity contribution in [1.82, 2.24) is 4.90 Å². The number of benzene rings is 1. The van der Waals surface area contributed by atoms with Gasteiger partial charge in [0.25, 0.3) is 0 Å². The molecule has 0 spiro atoms. The number of ether oxygens (including phenoxy) is 1. The van der Waals surface area contributed by atoms with Crippen molar-refractivity contribution in [2.75, 3.05) is 19.7 Å². The number of hydrogen-bond acceptors (Lipinski definition) is 2. The molecule has 0 aromatic heterocycles. The lowest BCUT2D eigenvalue weighted by Gasteiger charge is -2.35. The average Bonchev–Trinajstić information content (AvgIpc) is 2.49. The predicted octanol–water partition coefficient (Wildman–Crippen LogP) is 3.33. The van der Waals surface area contributed by atoms with Crippen LogP contribution in [0.5, 0.6) is 0 Å². The van der Waals surface area contributed by atoms with Crippen molar-refractivity contribution in [1.29, 1.82) is 0 Å². The van der Waals surface area contributed by atoms with Gasteiger partial charge in [-0.1, -0.05) is 43.7 Å². The number of carbonyl (C=O) groups is 1. The van der Waals surface area contributed by atoms with Gasteiger partial charge in [-0.2, -0.15) is 0 Å². The molecule has 2 rings (SSSR count). The number of rotatable bonds is 4. The van der Waals surface area contributed by atoms with Crippen LogP contribution in [-0.4, -0.2) is 30.5 Å². The quantitative estimate of drug-likeness (QED) is 0.843. The van der Waals surface area contributed by atoms with Gasteiger partial charge in [-0.3, -0.25) is 4.79 Å². The highest BCUT2D eigenvalue weighted by Crippen LogP contribution is 2.24. The van der Waals surface area contributed by atoms with E-state index in [1.54, 1.807) is 0 Å². The van der Waals surface area contributed by atoms with E-state index in [0.29, 0.717) is 13.2 Å². The van der Waals surface area contributed by atoms with Crippen molar-refractivity contribution < 1.29 is 9.53 Å². The minimum absolute atomic E-state index is 0.0164. The van der Waals surface area contributed by atoms with Gasteiger partial charge in [-0.05, 0) is 25.3 Å². The van der Waals surface area contributed by atoms with Gasteiger partial charge >= 0.3 is 0 Å². The summed E-state index contributed by atoms with van der Waals surface area (Å²) in [5, 5.41) is 0. The van der Waals surface area contributed by atoms with Crippen LogP contribution < -0.4 is 0 Å². The van der Waals surface area contributed by atoms with Crippen molar-refractivity contribution in [3.8, 4) is 0 Å². The van der Waals surface area contributed by atoms with Gasteiger partial charge in [0.2, 0.25) is 5.91 Å². The molecule has 1 aliphatic heterocycles. The molecule has 0 aliphatic carbocycles. The van der Waals surface area contributed by atoms with E-state index in [-0.39, 0.29) is 17.9 Å². The van der Waals surface area contributed by atoms with E-state index in [4.69, 9.17) is 4.74 Å². The van der Waals surface area contributed by atoms with Gasteiger partial charge < -0.3 is 9.64 Å². The van der Waals surface area contributed by atoms with Crippen LogP contribution in [0.2, 0.25) is 0 Å². The lowest BCUT2D eigenvalue weighted by atomic mass is 10.00. The van der Waals surface area contributed by atoms with Crippen molar-refractivity contribution in [2.24, 2.45) is 5.92 Å². The summed E-state index contributed by atoms with van der Waals surface area (Å²) in [4.78, 5) is 14.4. The first-order valence-electron chi connectivity index (χ1n) is 7.62. The molecular weight excluding hydrogens is 250 g/mol. The minimum atomic E-state index is 0.0164. The molecule has 110 valence electrons. The van der Waals surface area contributed by atoms with Crippen molar-refractivity contribution >= 4 is 5.91 Å². The molecule has 0 radical (unpaired) electrons. The molecule has 1 aromatic rings. The summed E-state index contributed by atoms with van der Waals surface area (Å²) < 4.78 is 5.84. The van der Waals surface area contributed by atoms with Crippen LogP contribution in [0.15, 0.2) is 24.3 Å². The standard InChI is InChI=1S/C17H25NO2/c1-4-14(5-2)17(19)18-10-11-20-16(12-18)15-8-6-13(3)7-9-15/h6-9,14,16H,4-5,10-12H2,1-3H3. The van der Waals surface area contributed by atoms with E-state index in [0.717, 1.165) is 24.9 Å². The Morgan fingerprint density at radius 2 is 1.95 bits per heavy atom. The van der Waals surface area contributed by atoms with E-state index < -0.39 is 0 Å². The highest BCUT2D eigenvalue weighted by Gasteiger charge is 2.28. The molecule has 3 heteroatoms. The second kappa shape index (κ2) is 6.89. The second-order valence-corrected chi connectivity index (χ2v) is 5.57. The molecule has 1 saturated heterocycles. The highest BCUT2D eigenvalue weighted by atomic mass is 16.5. The fourth-order valence-electron chi connectivity index (χ4n) is 2.73. The number of hydrogen-bond donors (Lipinski definition) is 0. The average molecular weight is 275 g/mol. The Morgan fingerprint density at radius 1 is 1.30 bits per heavy atom. The van der Waals surface area contributed by atoms with Crippen LogP contribution in [0.3, 0.4) is 0 Å². The predicted molar refractivity (Wildman–Crippen MR) is 80.5 cm³/mol. The molecule has 1 heterocycles. The minimum Gasteiger partial charge on any atom is -0.370 e. The molecule has 1 amide bonds. The lowest BCUT2D eigenvalue weighted by molar-refractivity contribution is -0.143. The molecular formula is C17H25NO2. The zero-order valence-electron chi connectivity index (χ0n) is 12.8. The summed E-state index contributed by atoms with van der Waals surface area (Å²) in [6.07, 6.45) is 1.85. The maximum Gasteiger partial charge on any atom is 0.225 e. The first-order chi connectivity index (χ1) is 9.65. The van der Waals surface area contributed by atoms with Crippen LogP contribution >= 0.6 is 0 Å².